The molecule has 0 heterocycles. The Labute approximate surface area is 109 Å². The third-order valence-electron chi connectivity index (χ3n) is 2.57. The molecule has 0 spiro atoms. The first kappa shape index (κ1) is 15.5. The van der Waals surface area contributed by atoms with Gasteiger partial charge < -0.3 is 10.1 Å². The molecule has 19 heavy (non-hydrogen) atoms. The lowest BCUT2D eigenvalue weighted by molar-refractivity contribution is -0.140. The van der Waals surface area contributed by atoms with Crippen molar-refractivity contribution in [2.24, 2.45) is 0 Å². The van der Waals surface area contributed by atoms with Gasteiger partial charge in [-0.2, -0.15) is 13.2 Å². The van der Waals surface area contributed by atoms with Crippen LogP contribution in [0.15, 0.2) is 24.3 Å². The highest BCUT2D eigenvalue weighted by atomic mass is 19.4. The number of benzene rings is 1. The molecule has 0 saturated heterocycles. The highest BCUT2D eigenvalue weighted by molar-refractivity contribution is 5.69. The van der Waals surface area contributed by atoms with Gasteiger partial charge in [-0.15, -0.1) is 0 Å². The predicted molar refractivity (Wildman–Crippen MR) is 64.4 cm³/mol. The molecular weight excluding hydrogens is 259 g/mol. The van der Waals surface area contributed by atoms with E-state index in [0.717, 1.165) is 17.7 Å². The van der Waals surface area contributed by atoms with Crippen LogP contribution in [0.1, 0.15) is 24.0 Å². The number of halogens is 3. The van der Waals surface area contributed by atoms with Crippen LogP contribution in [0, 0.1) is 0 Å². The van der Waals surface area contributed by atoms with Crippen molar-refractivity contribution in [1.29, 1.82) is 0 Å². The average Bonchev–Trinajstić information content (AvgIpc) is 2.37. The lowest BCUT2D eigenvalue weighted by Crippen LogP contribution is -2.16. The van der Waals surface area contributed by atoms with Crippen LogP contribution in [0.5, 0.6) is 0 Å². The molecule has 0 radical (unpaired) electrons. The lowest BCUT2D eigenvalue weighted by Gasteiger charge is -2.08. The van der Waals surface area contributed by atoms with Crippen molar-refractivity contribution in [1.82, 2.24) is 5.32 Å². The summed E-state index contributed by atoms with van der Waals surface area (Å²) in [4.78, 5) is 10.8. The molecule has 0 bridgehead atoms. The number of ether oxygens (including phenoxy) is 1. The first-order valence-corrected chi connectivity index (χ1v) is 5.87. The van der Waals surface area contributed by atoms with Gasteiger partial charge in [0.05, 0.1) is 12.7 Å². The number of esters is 1. The Kier molecular flexibility index (Phi) is 5.82. The van der Waals surface area contributed by atoms with E-state index in [-0.39, 0.29) is 5.97 Å². The van der Waals surface area contributed by atoms with Gasteiger partial charge in [0.15, 0.2) is 0 Å². The molecule has 106 valence electrons. The molecule has 1 rings (SSSR count). The fourth-order valence-corrected chi connectivity index (χ4v) is 1.50. The molecule has 0 amide bonds. The van der Waals surface area contributed by atoms with Crippen molar-refractivity contribution in [2.45, 2.75) is 25.6 Å². The summed E-state index contributed by atoms with van der Waals surface area (Å²) in [6.45, 7) is 1.08. The smallest absolute Gasteiger partial charge is 0.416 e. The van der Waals surface area contributed by atoms with Crippen molar-refractivity contribution in [3.63, 3.8) is 0 Å². The maximum absolute atomic E-state index is 12.3. The number of nitrogens with one attached hydrogen (secondary N) is 1. The first-order chi connectivity index (χ1) is 8.93. The minimum atomic E-state index is -4.30. The quantitative estimate of drug-likeness (QED) is 0.641. The van der Waals surface area contributed by atoms with Gasteiger partial charge in [-0.25, -0.2) is 0 Å². The second kappa shape index (κ2) is 7.13. The zero-order valence-corrected chi connectivity index (χ0v) is 10.6. The van der Waals surface area contributed by atoms with Crippen LogP contribution in [0.2, 0.25) is 0 Å². The molecule has 0 unspecified atom stereocenters. The molecule has 0 saturated carbocycles. The van der Waals surface area contributed by atoms with Gasteiger partial charge in [-0.3, -0.25) is 4.79 Å². The number of alkyl halides is 3. The van der Waals surface area contributed by atoms with Gasteiger partial charge in [0.2, 0.25) is 0 Å². The minimum Gasteiger partial charge on any atom is -0.469 e. The molecule has 0 aromatic heterocycles. The minimum absolute atomic E-state index is 0.267. The molecule has 1 N–H and O–H groups in total. The third kappa shape index (κ3) is 5.74. The summed E-state index contributed by atoms with van der Waals surface area (Å²) in [6, 6.07) is 5.00. The van der Waals surface area contributed by atoms with Crippen LogP contribution in [0.25, 0.3) is 0 Å². The van der Waals surface area contributed by atoms with Gasteiger partial charge in [-0.05, 0) is 30.7 Å². The van der Waals surface area contributed by atoms with Crippen molar-refractivity contribution in [2.75, 3.05) is 13.7 Å². The normalized spacial score (nSPS) is 11.4. The zero-order valence-electron chi connectivity index (χ0n) is 10.6. The van der Waals surface area contributed by atoms with Gasteiger partial charge in [0.1, 0.15) is 0 Å². The monoisotopic (exact) mass is 275 g/mol. The highest BCUT2D eigenvalue weighted by Gasteiger charge is 2.29. The predicted octanol–water partition coefficient (Wildman–Crippen LogP) is 2.75. The summed E-state index contributed by atoms with van der Waals surface area (Å²) < 4.78 is 41.5. The number of hydrogen-bond acceptors (Lipinski definition) is 3. The first-order valence-electron chi connectivity index (χ1n) is 5.87. The number of hydrogen-bond donors (Lipinski definition) is 1. The van der Waals surface area contributed by atoms with Crippen LogP contribution in [-0.2, 0) is 22.3 Å². The summed E-state index contributed by atoms with van der Waals surface area (Å²) in [5.41, 5.74) is 0.119. The molecule has 0 fully saturated rings. The Hall–Kier alpha value is -1.56. The third-order valence-corrected chi connectivity index (χ3v) is 2.57. The second-order valence-corrected chi connectivity index (χ2v) is 4.05. The summed E-state index contributed by atoms with van der Waals surface area (Å²) >= 11 is 0. The Balaban J connectivity index is 2.29. The Bertz CT molecular complexity index is 401. The van der Waals surface area contributed by atoms with Crippen molar-refractivity contribution < 1.29 is 22.7 Å². The zero-order chi connectivity index (χ0) is 14.3. The van der Waals surface area contributed by atoms with E-state index in [9.17, 15) is 18.0 Å². The van der Waals surface area contributed by atoms with Crippen molar-refractivity contribution in [3.05, 3.63) is 35.4 Å². The van der Waals surface area contributed by atoms with Crippen molar-refractivity contribution >= 4 is 5.97 Å². The van der Waals surface area contributed by atoms with E-state index >= 15 is 0 Å². The van der Waals surface area contributed by atoms with Crippen LogP contribution in [0.4, 0.5) is 13.2 Å². The maximum Gasteiger partial charge on any atom is 0.416 e. The maximum atomic E-state index is 12.3. The highest BCUT2D eigenvalue weighted by Crippen LogP contribution is 2.28. The standard InChI is InChI=1S/C13H16F3NO2/c1-19-12(18)3-2-8-17-9-10-4-6-11(7-5-10)13(14,15)16/h4-7,17H,2-3,8-9H2,1H3. The number of methoxy groups -OCH3 is 1. The van der Waals surface area contributed by atoms with Gasteiger partial charge in [0, 0.05) is 13.0 Å². The largest absolute Gasteiger partial charge is 0.469 e. The van der Waals surface area contributed by atoms with Gasteiger partial charge >= 0.3 is 12.1 Å². The topological polar surface area (TPSA) is 38.3 Å². The molecule has 0 aliphatic rings. The number of carbonyl (C=O) groups excluding carboxylic acids is 1. The van der Waals surface area contributed by atoms with E-state index < -0.39 is 11.7 Å². The molecular formula is C13H16F3NO2. The van der Waals surface area contributed by atoms with Gasteiger partial charge in [0.25, 0.3) is 0 Å². The summed E-state index contributed by atoms with van der Waals surface area (Å²) in [5.74, 6) is -0.267. The fourth-order valence-electron chi connectivity index (χ4n) is 1.50. The Morgan fingerprint density at radius 3 is 2.42 bits per heavy atom. The van der Waals surface area contributed by atoms with E-state index in [4.69, 9.17) is 0 Å². The molecule has 1 aromatic rings. The van der Waals surface area contributed by atoms with Crippen LogP contribution >= 0.6 is 0 Å². The van der Waals surface area contributed by atoms with Crippen molar-refractivity contribution in [3.8, 4) is 0 Å². The summed E-state index contributed by atoms with van der Waals surface area (Å²) in [5, 5.41) is 3.05. The molecule has 0 aliphatic carbocycles. The summed E-state index contributed by atoms with van der Waals surface area (Å²) in [6.07, 6.45) is -3.34. The van der Waals surface area contributed by atoms with E-state index in [1.165, 1.54) is 19.2 Å². The molecule has 1 aromatic carbocycles. The van der Waals surface area contributed by atoms with Crippen LogP contribution in [0.3, 0.4) is 0 Å². The van der Waals surface area contributed by atoms with E-state index in [0.29, 0.717) is 25.9 Å². The fraction of sp³-hybridized carbons (Fsp3) is 0.462. The molecule has 0 atom stereocenters. The number of carbonyl (C=O) groups is 1. The van der Waals surface area contributed by atoms with E-state index in [1.807, 2.05) is 0 Å². The van der Waals surface area contributed by atoms with Crippen LogP contribution in [-0.4, -0.2) is 19.6 Å². The molecule has 3 nitrogen and oxygen atoms in total. The molecule has 6 heteroatoms. The van der Waals surface area contributed by atoms with Crippen LogP contribution < -0.4 is 5.32 Å². The lowest BCUT2D eigenvalue weighted by atomic mass is 10.1. The number of rotatable bonds is 6. The summed E-state index contributed by atoms with van der Waals surface area (Å²) in [7, 11) is 1.33. The SMILES string of the molecule is COC(=O)CCCNCc1ccc(C(F)(F)F)cc1. The van der Waals surface area contributed by atoms with E-state index in [1.54, 1.807) is 0 Å². The van der Waals surface area contributed by atoms with E-state index in [2.05, 4.69) is 10.1 Å². The Morgan fingerprint density at radius 1 is 1.26 bits per heavy atom. The van der Waals surface area contributed by atoms with Gasteiger partial charge in [-0.1, -0.05) is 12.1 Å². The average molecular weight is 275 g/mol. The Morgan fingerprint density at radius 2 is 1.89 bits per heavy atom. The molecule has 0 aliphatic heterocycles. The second-order valence-electron chi connectivity index (χ2n) is 4.05.